The lowest BCUT2D eigenvalue weighted by Crippen LogP contribution is -2.36. The zero-order chi connectivity index (χ0) is 18.1. The number of carbonyl (C=O) groups is 1. The number of methoxy groups -OCH3 is 1. The van der Waals surface area contributed by atoms with Gasteiger partial charge in [0.1, 0.15) is 5.75 Å². The van der Waals surface area contributed by atoms with Crippen LogP contribution < -0.4 is 9.64 Å². The van der Waals surface area contributed by atoms with Gasteiger partial charge in [0.2, 0.25) is 0 Å². The van der Waals surface area contributed by atoms with Crippen LogP contribution in [0.4, 0.5) is 5.69 Å². The van der Waals surface area contributed by atoms with Crippen LogP contribution in [0.5, 0.6) is 5.75 Å². The number of hydrogen-bond acceptors (Lipinski definition) is 4. The third-order valence-corrected chi connectivity index (χ3v) is 5.42. The van der Waals surface area contributed by atoms with Gasteiger partial charge in [-0.15, -0.1) is 0 Å². The summed E-state index contributed by atoms with van der Waals surface area (Å²) in [6.45, 7) is 5.27. The van der Waals surface area contributed by atoms with Crippen molar-refractivity contribution in [3.8, 4) is 5.75 Å². The largest absolute Gasteiger partial charge is 0.495 e. The Balaban J connectivity index is 1.61. The van der Waals surface area contributed by atoms with E-state index in [1.54, 1.807) is 7.11 Å². The second-order valence-corrected chi connectivity index (χ2v) is 7.24. The number of benzene rings is 2. The van der Waals surface area contributed by atoms with E-state index in [0.717, 1.165) is 61.7 Å². The Bertz CT molecular complexity index is 824. The molecule has 1 aliphatic heterocycles. The fraction of sp³-hybridized carbons (Fsp3) is 0.409. The lowest BCUT2D eigenvalue weighted by molar-refractivity contribution is 0.0936. The second-order valence-electron chi connectivity index (χ2n) is 7.24. The average Bonchev–Trinajstić information content (AvgIpc) is 2.96. The van der Waals surface area contributed by atoms with Crippen molar-refractivity contribution in [1.82, 2.24) is 0 Å². The Morgan fingerprint density at radius 3 is 2.73 bits per heavy atom. The lowest BCUT2D eigenvalue weighted by Gasteiger charge is -2.30. The number of ketones is 1. The molecule has 4 rings (SSSR count). The normalized spacial score (nSPS) is 19.5. The molecule has 1 fully saturated rings. The van der Waals surface area contributed by atoms with Crippen molar-refractivity contribution >= 4 is 11.5 Å². The summed E-state index contributed by atoms with van der Waals surface area (Å²) in [5.74, 6) is 1.06. The van der Waals surface area contributed by atoms with Gasteiger partial charge in [0, 0.05) is 24.6 Å². The number of anilines is 1. The van der Waals surface area contributed by atoms with E-state index in [0.29, 0.717) is 0 Å². The average molecular weight is 351 g/mol. The Morgan fingerprint density at radius 1 is 1.19 bits per heavy atom. The smallest absolute Gasteiger partial charge is 0.167 e. The van der Waals surface area contributed by atoms with Gasteiger partial charge in [0.05, 0.1) is 26.0 Å². The molecule has 2 aromatic carbocycles. The SMILES string of the molecule is COc1cc2c(cc1N1CCOCC1)CC(Cc1cccc(C)c1)C2=O. The molecule has 2 aromatic rings. The molecular formula is C22H25NO3. The number of morpholine rings is 1. The maximum absolute atomic E-state index is 13.0. The highest BCUT2D eigenvalue weighted by Gasteiger charge is 2.32. The number of ether oxygens (including phenoxy) is 2. The van der Waals surface area contributed by atoms with Crippen molar-refractivity contribution in [2.75, 3.05) is 38.3 Å². The molecule has 2 aliphatic rings. The number of carbonyl (C=O) groups excluding carboxylic acids is 1. The van der Waals surface area contributed by atoms with Crippen LogP contribution in [-0.4, -0.2) is 39.2 Å². The molecule has 0 saturated carbocycles. The van der Waals surface area contributed by atoms with Gasteiger partial charge in [-0.2, -0.15) is 0 Å². The highest BCUT2D eigenvalue weighted by molar-refractivity contribution is 6.03. The first-order valence-electron chi connectivity index (χ1n) is 9.29. The molecule has 136 valence electrons. The number of hydrogen-bond donors (Lipinski definition) is 0. The summed E-state index contributed by atoms with van der Waals surface area (Å²) >= 11 is 0. The van der Waals surface area contributed by atoms with Crippen molar-refractivity contribution in [2.45, 2.75) is 19.8 Å². The summed E-state index contributed by atoms with van der Waals surface area (Å²) in [5, 5.41) is 0. The minimum Gasteiger partial charge on any atom is -0.495 e. The quantitative estimate of drug-likeness (QED) is 0.846. The summed E-state index contributed by atoms with van der Waals surface area (Å²) in [7, 11) is 1.68. The minimum absolute atomic E-state index is 0.0245. The molecule has 0 amide bonds. The molecule has 26 heavy (non-hydrogen) atoms. The fourth-order valence-corrected chi connectivity index (χ4v) is 4.09. The van der Waals surface area contributed by atoms with Crippen molar-refractivity contribution in [3.63, 3.8) is 0 Å². The highest BCUT2D eigenvalue weighted by Crippen LogP contribution is 2.38. The van der Waals surface area contributed by atoms with E-state index in [9.17, 15) is 4.79 Å². The van der Waals surface area contributed by atoms with Crippen LogP contribution in [0.1, 0.15) is 27.0 Å². The Kier molecular flexibility index (Phi) is 4.68. The molecule has 1 atom stereocenters. The summed E-state index contributed by atoms with van der Waals surface area (Å²) in [5.41, 5.74) is 5.53. The first kappa shape index (κ1) is 17.1. The lowest BCUT2D eigenvalue weighted by atomic mass is 9.95. The van der Waals surface area contributed by atoms with E-state index in [-0.39, 0.29) is 11.7 Å². The maximum Gasteiger partial charge on any atom is 0.167 e. The summed E-state index contributed by atoms with van der Waals surface area (Å²) in [4.78, 5) is 15.2. The van der Waals surface area contributed by atoms with Gasteiger partial charge in [-0.05, 0) is 43.0 Å². The van der Waals surface area contributed by atoms with Gasteiger partial charge in [0.15, 0.2) is 5.78 Å². The Hall–Kier alpha value is -2.33. The molecule has 0 N–H and O–H groups in total. The first-order chi connectivity index (χ1) is 12.7. The minimum atomic E-state index is 0.0245. The van der Waals surface area contributed by atoms with Crippen LogP contribution >= 0.6 is 0 Å². The standard InChI is InChI=1S/C22H25NO3/c1-15-4-3-5-16(10-15)11-18-12-17-13-20(23-6-8-26-9-7-23)21(25-2)14-19(17)22(18)24/h3-5,10,13-14,18H,6-9,11-12H2,1-2H3. The number of Topliss-reactive ketones (excluding diaryl/α,β-unsaturated/α-hetero) is 1. The summed E-state index contributed by atoms with van der Waals surface area (Å²) in [6, 6.07) is 12.6. The van der Waals surface area contributed by atoms with Crippen LogP contribution in [0.25, 0.3) is 0 Å². The second kappa shape index (κ2) is 7.12. The number of fused-ring (bicyclic) bond motifs is 1. The van der Waals surface area contributed by atoms with Gasteiger partial charge < -0.3 is 14.4 Å². The van der Waals surface area contributed by atoms with Crippen molar-refractivity contribution in [2.24, 2.45) is 5.92 Å². The molecule has 1 heterocycles. The van der Waals surface area contributed by atoms with Gasteiger partial charge in [-0.25, -0.2) is 0 Å². The van der Waals surface area contributed by atoms with Gasteiger partial charge in [-0.1, -0.05) is 29.8 Å². The molecular weight excluding hydrogens is 326 g/mol. The predicted octanol–water partition coefficient (Wildman–Crippen LogP) is 3.44. The van der Waals surface area contributed by atoms with Crippen LogP contribution in [0, 0.1) is 12.8 Å². The van der Waals surface area contributed by atoms with E-state index < -0.39 is 0 Å². The van der Waals surface area contributed by atoms with E-state index in [2.05, 4.69) is 42.2 Å². The van der Waals surface area contributed by atoms with Gasteiger partial charge in [-0.3, -0.25) is 4.79 Å². The molecule has 4 heteroatoms. The van der Waals surface area contributed by atoms with E-state index in [4.69, 9.17) is 9.47 Å². The van der Waals surface area contributed by atoms with Crippen molar-refractivity contribution in [1.29, 1.82) is 0 Å². The molecule has 0 bridgehead atoms. The first-order valence-corrected chi connectivity index (χ1v) is 9.29. The predicted molar refractivity (Wildman–Crippen MR) is 102 cm³/mol. The van der Waals surface area contributed by atoms with Crippen LogP contribution in [0.15, 0.2) is 36.4 Å². The van der Waals surface area contributed by atoms with Crippen LogP contribution in [0.2, 0.25) is 0 Å². The van der Waals surface area contributed by atoms with E-state index in [1.165, 1.54) is 11.1 Å². The third-order valence-electron chi connectivity index (χ3n) is 5.42. The van der Waals surface area contributed by atoms with E-state index >= 15 is 0 Å². The van der Waals surface area contributed by atoms with Gasteiger partial charge >= 0.3 is 0 Å². The van der Waals surface area contributed by atoms with Crippen molar-refractivity contribution < 1.29 is 14.3 Å². The monoisotopic (exact) mass is 351 g/mol. The molecule has 1 unspecified atom stereocenters. The van der Waals surface area contributed by atoms with Crippen molar-refractivity contribution in [3.05, 3.63) is 58.7 Å². The van der Waals surface area contributed by atoms with E-state index in [1.807, 2.05) is 6.07 Å². The number of aryl methyl sites for hydroxylation is 1. The fourth-order valence-electron chi connectivity index (χ4n) is 4.09. The number of rotatable bonds is 4. The molecule has 0 radical (unpaired) electrons. The topological polar surface area (TPSA) is 38.8 Å². The van der Waals surface area contributed by atoms with Crippen LogP contribution in [0.3, 0.4) is 0 Å². The zero-order valence-electron chi connectivity index (χ0n) is 15.5. The third kappa shape index (κ3) is 3.21. The molecule has 0 spiro atoms. The summed E-state index contributed by atoms with van der Waals surface area (Å²) in [6.07, 6.45) is 1.60. The maximum atomic E-state index is 13.0. The Morgan fingerprint density at radius 2 is 2.00 bits per heavy atom. The highest BCUT2D eigenvalue weighted by atomic mass is 16.5. The molecule has 0 aromatic heterocycles. The zero-order valence-corrected chi connectivity index (χ0v) is 15.5. The molecule has 1 saturated heterocycles. The molecule has 4 nitrogen and oxygen atoms in total. The number of nitrogens with zero attached hydrogens (tertiary/aromatic N) is 1. The summed E-state index contributed by atoms with van der Waals surface area (Å²) < 4.78 is 11.1. The molecule has 1 aliphatic carbocycles. The Labute approximate surface area is 154 Å². The van der Waals surface area contributed by atoms with Crippen LogP contribution in [-0.2, 0) is 17.6 Å². The van der Waals surface area contributed by atoms with Gasteiger partial charge in [0.25, 0.3) is 0 Å².